The van der Waals surface area contributed by atoms with Crippen LogP contribution in [0.15, 0.2) is 42.5 Å². The molecule has 0 aliphatic rings. The topological polar surface area (TPSA) is 72.6 Å². The van der Waals surface area contributed by atoms with Gasteiger partial charge < -0.3 is 15.6 Å². The molecule has 0 aliphatic heterocycles. The highest BCUT2D eigenvalue weighted by Gasteiger charge is 2.11. The van der Waals surface area contributed by atoms with E-state index in [0.717, 1.165) is 11.6 Å². The first-order chi connectivity index (χ1) is 9.10. The summed E-state index contributed by atoms with van der Waals surface area (Å²) in [6, 6.07) is 10.2. The fraction of sp³-hybridized carbons (Fsp3) is 0.0714. The van der Waals surface area contributed by atoms with E-state index in [-0.39, 0.29) is 17.9 Å². The van der Waals surface area contributed by atoms with E-state index in [2.05, 4.69) is 0 Å². The summed E-state index contributed by atoms with van der Waals surface area (Å²) in [4.78, 5) is 11.2. The minimum absolute atomic E-state index is 0.0220. The zero-order valence-corrected chi connectivity index (χ0v) is 9.97. The normalized spacial score (nSPS) is 10.2. The van der Waals surface area contributed by atoms with Gasteiger partial charge in [0.2, 0.25) is 0 Å². The minimum Gasteiger partial charge on any atom is -0.457 e. The highest BCUT2D eigenvalue weighted by Crippen LogP contribution is 2.26. The third-order valence-corrected chi connectivity index (χ3v) is 2.54. The number of rotatable bonds is 4. The summed E-state index contributed by atoms with van der Waals surface area (Å²) in [7, 11) is 0. The van der Waals surface area contributed by atoms with Gasteiger partial charge in [0.15, 0.2) is 0 Å². The van der Waals surface area contributed by atoms with Crippen molar-refractivity contribution in [2.24, 2.45) is 5.73 Å². The number of nitrogens with two attached hydrogens (primary N) is 1. The number of amides is 1. The number of benzene rings is 2. The van der Waals surface area contributed by atoms with Gasteiger partial charge in [-0.15, -0.1) is 0 Å². The molecule has 0 saturated heterocycles. The van der Waals surface area contributed by atoms with Gasteiger partial charge in [-0.05, 0) is 35.9 Å². The van der Waals surface area contributed by atoms with Gasteiger partial charge >= 0.3 is 0 Å². The Bertz CT molecular complexity index is 596. The van der Waals surface area contributed by atoms with Crippen molar-refractivity contribution >= 4 is 5.91 Å². The number of halogens is 1. The SMILES string of the molecule is NC(=O)c1cc(F)ccc1Oc1ccc(CO)cc1. The molecule has 0 aromatic heterocycles. The predicted molar refractivity (Wildman–Crippen MR) is 67.4 cm³/mol. The van der Waals surface area contributed by atoms with E-state index in [9.17, 15) is 9.18 Å². The summed E-state index contributed by atoms with van der Waals surface area (Å²) >= 11 is 0. The van der Waals surface area contributed by atoms with Gasteiger partial charge in [-0.3, -0.25) is 4.79 Å². The van der Waals surface area contributed by atoms with E-state index in [1.54, 1.807) is 24.3 Å². The van der Waals surface area contributed by atoms with Crippen LogP contribution >= 0.6 is 0 Å². The molecule has 3 N–H and O–H groups in total. The Balaban J connectivity index is 2.29. The van der Waals surface area contributed by atoms with Crippen LogP contribution in [0.25, 0.3) is 0 Å². The van der Waals surface area contributed by atoms with Crippen molar-refractivity contribution in [2.45, 2.75) is 6.61 Å². The Labute approximate surface area is 109 Å². The van der Waals surface area contributed by atoms with E-state index in [1.165, 1.54) is 12.1 Å². The van der Waals surface area contributed by atoms with Crippen molar-refractivity contribution in [2.75, 3.05) is 0 Å². The van der Waals surface area contributed by atoms with Crippen LogP contribution in [0.5, 0.6) is 11.5 Å². The zero-order valence-electron chi connectivity index (χ0n) is 9.97. The lowest BCUT2D eigenvalue weighted by Gasteiger charge is -2.09. The summed E-state index contributed by atoms with van der Waals surface area (Å²) in [5, 5.41) is 8.92. The van der Waals surface area contributed by atoms with Crippen LogP contribution in [-0.2, 0) is 6.61 Å². The highest BCUT2D eigenvalue weighted by atomic mass is 19.1. The number of aliphatic hydroxyl groups excluding tert-OH is 1. The average molecular weight is 261 g/mol. The van der Waals surface area contributed by atoms with Crippen LogP contribution in [0.3, 0.4) is 0 Å². The fourth-order valence-electron chi connectivity index (χ4n) is 1.57. The van der Waals surface area contributed by atoms with E-state index >= 15 is 0 Å². The standard InChI is InChI=1S/C14H12FNO3/c15-10-3-6-13(12(7-10)14(16)18)19-11-4-1-9(8-17)2-5-11/h1-7,17H,8H2,(H2,16,18). The predicted octanol–water partition coefficient (Wildman–Crippen LogP) is 2.21. The van der Waals surface area contributed by atoms with Gasteiger partial charge in [-0.1, -0.05) is 12.1 Å². The average Bonchev–Trinajstić information content (AvgIpc) is 2.41. The second kappa shape index (κ2) is 5.49. The van der Waals surface area contributed by atoms with Gasteiger partial charge in [-0.25, -0.2) is 4.39 Å². The lowest BCUT2D eigenvalue weighted by Crippen LogP contribution is -2.12. The van der Waals surface area contributed by atoms with Crippen LogP contribution in [-0.4, -0.2) is 11.0 Å². The fourth-order valence-corrected chi connectivity index (χ4v) is 1.57. The Hall–Kier alpha value is -2.40. The first kappa shape index (κ1) is 13.0. The minimum atomic E-state index is -0.763. The van der Waals surface area contributed by atoms with Crippen molar-refractivity contribution in [3.63, 3.8) is 0 Å². The van der Waals surface area contributed by atoms with E-state index in [0.29, 0.717) is 5.75 Å². The summed E-state index contributed by atoms with van der Waals surface area (Å²) in [5.74, 6) is -0.671. The number of carbonyl (C=O) groups excluding carboxylic acids is 1. The molecule has 0 fully saturated rings. The van der Waals surface area contributed by atoms with Crippen molar-refractivity contribution in [3.05, 3.63) is 59.4 Å². The molecule has 0 spiro atoms. The van der Waals surface area contributed by atoms with Crippen molar-refractivity contribution in [1.82, 2.24) is 0 Å². The molecule has 2 aromatic carbocycles. The molecule has 0 aliphatic carbocycles. The summed E-state index contributed by atoms with van der Waals surface area (Å²) in [6.45, 7) is -0.0661. The maximum absolute atomic E-state index is 13.1. The molecule has 0 unspecified atom stereocenters. The molecule has 0 radical (unpaired) electrons. The van der Waals surface area contributed by atoms with Crippen LogP contribution in [0.1, 0.15) is 15.9 Å². The Morgan fingerprint density at radius 1 is 1.21 bits per heavy atom. The maximum atomic E-state index is 13.1. The third kappa shape index (κ3) is 3.08. The number of primary amides is 1. The van der Waals surface area contributed by atoms with Crippen molar-refractivity contribution in [1.29, 1.82) is 0 Å². The van der Waals surface area contributed by atoms with Crippen LogP contribution in [0.2, 0.25) is 0 Å². The van der Waals surface area contributed by atoms with Gasteiger partial charge in [0.1, 0.15) is 17.3 Å². The molecule has 5 heteroatoms. The van der Waals surface area contributed by atoms with Gasteiger partial charge in [0.25, 0.3) is 5.91 Å². The molecular formula is C14H12FNO3. The third-order valence-electron chi connectivity index (χ3n) is 2.54. The smallest absolute Gasteiger partial charge is 0.252 e. The maximum Gasteiger partial charge on any atom is 0.252 e. The van der Waals surface area contributed by atoms with Gasteiger partial charge in [-0.2, -0.15) is 0 Å². The highest BCUT2D eigenvalue weighted by molar-refractivity contribution is 5.95. The summed E-state index contributed by atoms with van der Waals surface area (Å²) in [5.41, 5.74) is 5.88. The van der Waals surface area contributed by atoms with E-state index in [1.807, 2.05) is 0 Å². The molecule has 1 amide bonds. The molecule has 0 saturated carbocycles. The van der Waals surface area contributed by atoms with Crippen LogP contribution in [0.4, 0.5) is 4.39 Å². The lowest BCUT2D eigenvalue weighted by molar-refractivity contribution is 0.0997. The van der Waals surface area contributed by atoms with Crippen molar-refractivity contribution in [3.8, 4) is 11.5 Å². The molecule has 2 rings (SSSR count). The molecule has 4 nitrogen and oxygen atoms in total. The van der Waals surface area contributed by atoms with E-state index in [4.69, 9.17) is 15.6 Å². The van der Waals surface area contributed by atoms with Crippen LogP contribution < -0.4 is 10.5 Å². The molecule has 2 aromatic rings. The second-order valence-corrected chi connectivity index (χ2v) is 3.91. The molecule has 98 valence electrons. The largest absolute Gasteiger partial charge is 0.457 e. The number of ether oxygens (including phenoxy) is 1. The second-order valence-electron chi connectivity index (χ2n) is 3.91. The number of carbonyl (C=O) groups is 1. The summed E-state index contributed by atoms with van der Waals surface area (Å²) in [6.07, 6.45) is 0. The number of hydrogen-bond donors (Lipinski definition) is 2. The molecular weight excluding hydrogens is 249 g/mol. The number of aliphatic hydroxyl groups is 1. The molecule has 0 bridgehead atoms. The van der Waals surface area contributed by atoms with Crippen molar-refractivity contribution < 1.29 is 19.0 Å². The molecule has 0 heterocycles. The lowest BCUT2D eigenvalue weighted by atomic mass is 10.2. The van der Waals surface area contributed by atoms with Gasteiger partial charge in [0, 0.05) is 0 Å². The quantitative estimate of drug-likeness (QED) is 0.886. The van der Waals surface area contributed by atoms with E-state index < -0.39 is 11.7 Å². The first-order valence-electron chi connectivity index (χ1n) is 5.57. The summed E-state index contributed by atoms with van der Waals surface area (Å²) < 4.78 is 18.5. The molecule has 19 heavy (non-hydrogen) atoms. The Kier molecular flexibility index (Phi) is 3.77. The number of hydrogen-bond acceptors (Lipinski definition) is 3. The molecule has 0 atom stereocenters. The van der Waals surface area contributed by atoms with Crippen LogP contribution in [0, 0.1) is 5.82 Å². The monoisotopic (exact) mass is 261 g/mol. The Morgan fingerprint density at radius 3 is 2.47 bits per heavy atom. The first-order valence-corrected chi connectivity index (χ1v) is 5.57. The van der Waals surface area contributed by atoms with Gasteiger partial charge in [0.05, 0.1) is 12.2 Å². The Morgan fingerprint density at radius 2 is 1.89 bits per heavy atom. The zero-order chi connectivity index (χ0) is 13.8.